The van der Waals surface area contributed by atoms with E-state index in [-0.39, 0.29) is 19.0 Å². The van der Waals surface area contributed by atoms with E-state index in [9.17, 15) is 13.2 Å². The first kappa shape index (κ1) is 17.4. The molecule has 1 heterocycles. The number of likely N-dealkylation sites (N-methyl/N-ethyl adjacent to an activating group) is 1. The van der Waals surface area contributed by atoms with Crippen LogP contribution in [0.4, 0.5) is 0 Å². The summed E-state index contributed by atoms with van der Waals surface area (Å²) in [4.78, 5) is 12.8. The summed E-state index contributed by atoms with van der Waals surface area (Å²) in [7, 11) is -2.11. The maximum absolute atomic E-state index is 12.3. The first-order valence-corrected chi connectivity index (χ1v) is 8.39. The summed E-state index contributed by atoms with van der Waals surface area (Å²) in [6, 6.07) is 0.257. The fourth-order valence-corrected chi connectivity index (χ4v) is 3.94. The molecule has 0 aromatic heterocycles. The van der Waals surface area contributed by atoms with Crippen LogP contribution in [0.5, 0.6) is 0 Å². The van der Waals surface area contributed by atoms with E-state index in [0.717, 1.165) is 23.8 Å². The second-order valence-electron chi connectivity index (χ2n) is 4.99. The van der Waals surface area contributed by atoms with Gasteiger partial charge in [-0.2, -0.15) is 17.0 Å². The quantitative estimate of drug-likeness (QED) is 0.685. The molecule has 0 amide bonds. The molecule has 1 rings (SSSR count). The zero-order valence-corrected chi connectivity index (χ0v) is 13.3. The average Bonchev–Trinajstić information content (AvgIpc) is 2.87. The third-order valence-electron chi connectivity index (χ3n) is 3.82. The number of hydrogen-bond acceptors (Lipinski definition) is 4. The molecule has 7 nitrogen and oxygen atoms in total. The number of hydrogen-bond donors (Lipinski definition) is 1. The van der Waals surface area contributed by atoms with E-state index in [4.69, 9.17) is 5.11 Å². The Morgan fingerprint density at radius 3 is 2.45 bits per heavy atom. The van der Waals surface area contributed by atoms with Gasteiger partial charge in [-0.15, -0.1) is 0 Å². The van der Waals surface area contributed by atoms with Gasteiger partial charge in [0.15, 0.2) is 0 Å². The molecular formula is C12H25N3O4S. The van der Waals surface area contributed by atoms with Crippen molar-refractivity contribution in [2.24, 2.45) is 0 Å². The molecule has 0 aliphatic carbocycles. The van der Waals surface area contributed by atoms with E-state index in [1.807, 2.05) is 0 Å². The fourth-order valence-electron chi connectivity index (χ4n) is 2.52. The molecule has 1 saturated heterocycles. The standard InChI is InChI=1S/C12H25N3O4S/c1-4-14(5-2)11-6-9-15(10-11)20(18,19)13(3)8-7-12(16)17/h11H,4-10H2,1-3H3,(H,16,17). The van der Waals surface area contributed by atoms with Crippen LogP contribution < -0.4 is 0 Å². The van der Waals surface area contributed by atoms with Crippen LogP contribution in [0.25, 0.3) is 0 Å². The zero-order valence-electron chi connectivity index (χ0n) is 12.4. The Morgan fingerprint density at radius 2 is 1.95 bits per heavy atom. The van der Waals surface area contributed by atoms with Gasteiger partial charge in [0.1, 0.15) is 0 Å². The largest absolute Gasteiger partial charge is 0.481 e. The summed E-state index contributed by atoms with van der Waals surface area (Å²) in [6.07, 6.45) is 0.650. The zero-order chi connectivity index (χ0) is 15.3. The van der Waals surface area contributed by atoms with Crippen molar-refractivity contribution in [2.45, 2.75) is 32.7 Å². The van der Waals surface area contributed by atoms with Crippen LogP contribution in [0.2, 0.25) is 0 Å². The van der Waals surface area contributed by atoms with Crippen LogP contribution in [0, 0.1) is 0 Å². The number of carboxylic acids is 1. The Morgan fingerprint density at radius 1 is 1.35 bits per heavy atom. The third-order valence-corrected chi connectivity index (χ3v) is 5.77. The van der Waals surface area contributed by atoms with E-state index in [2.05, 4.69) is 18.7 Å². The van der Waals surface area contributed by atoms with Gasteiger partial charge < -0.3 is 5.11 Å². The van der Waals surface area contributed by atoms with Crippen molar-refractivity contribution in [3.05, 3.63) is 0 Å². The number of rotatable bonds is 8. The monoisotopic (exact) mass is 307 g/mol. The van der Waals surface area contributed by atoms with Crippen molar-refractivity contribution in [1.82, 2.24) is 13.5 Å². The predicted molar refractivity (Wildman–Crippen MR) is 76.7 cm³/mol. The highest BCUT2D eigenvalue weighted by Crippen LogP contribution is 2.20. The molecule has 1 aliphatic rings. The molecular weight excluding hydrogens is 282 g/mol. The highest BCUT2D eigenvalue weighted by Gasteiger charge is 2.35. The van der Waals surface area contributed by atoms with Gasteiger partial charge in [-0.3, -0.25) is 9.69 Å². The molecule has 1 N–H and O–H groups in total. The minimum Gasteiger partial charge on any atom is -0.481 e. The van der Waals surface area contributed by atoms with Crippen LogP contribution in [-0.4, -0.2) is 78.8 Å². The van der Waals surface area contributed by atoms with Crippen LogP contribution in [-0.2, 0) is 15.0 Å². The average molecular weight is 307 g/mol. The van der Waals surface area contributed by atoms with Crippen LogP contribution in [0.1, 0.15) is 26.7 Å². The van der Waals surface area contributed by atoms with Gasteiger partial charge in [0.25, 0.3) is 10.2 Å². The molecule has 118 valence electrons. The van der Waals surface area contributed by atoms with Gasteiger partial charge in [0, 0.05) is 32.7 Å². The minimum atomic E-state index is -3.54. The third kappa shape index (κ3) is 4.15. The van der Waals surface area contributed by atoms with Crippen LogP contribution >= 0.6 is 0 Å². The Hall–Kier alpha value is -0.700. The van der Waals surface area contributed by atoms with Gasteiger partial charge in [-0.05, 0) is 19.5 Å². The summed E-state index contributed by atoms with van der Waals surface area (Å²) in [6.45, 7) is 6.94. The van der Waals surface area contributed by atoms with Gasteiger partial charge in [0.2, 0.25) is 0 Å². The van der Waals surface area contributed by atoms with Crippen LogP contribution in [0.3, 0.4) is 0 Å². The van der Waals surface area contributed by atoms with E-state index in [1.54, 1.807) is 0 Å². The van der Waals surface area contributed by atoms with E-state index >= 15 is 0 Å². The number of carbonyl (C=O) groups is 1. The maximum atomic E-state index is 12.3. The Balaban J connectivity index is 2.63. The predicted octanol–water partition coefficient (Wildman–Crippen LogP) is 0.0538. The number of nitrogens with zero attached hydrogens (tertiary/aromatic N) is 3. The first-order chi connectivity index (χ1) is 9.32. The van der Waals surface area contributed by atoms with Crippen molar-refractivity contribution < 1.29 is 18.3 Å². The van der Waals surface area contributed by atoms with E-state index in [0.29, 0.717) is 13.1 Å². The van der Waals surface area contributed by atoms with Gasteiger partial charge >= 0.3 is 5.97 Å². The van der Waals surface area contributed by atoms with Gasteiger partial charge in [-0.1, -0.05) is 13.8 Å². The maximum Gasteiger partial charge on any atom is 0.304 e. The summed E-state index contributed by atoms with van der Waals surface area (Å²) in [5, 5.41) is 8.63. The lowest BCUT2D eigenvalue weighted by atomic mass is 10.2. The highest BCUT2D eigenvalue weighted by atomic mass is 32.2. The van der Waals surface area contributed by atoms with E-state index in [1.165, 1.54) is 11.4 Å². The normalized spacial score (nSPS) is 20.9. The molecule has 0 spiro atoms. The SMILES string of the molecule is CCN(CC)C1CCN(S(=O)(=O)N(C)CCC(=O)O)C1. The van der Waals surface area contributed by atoms with Crippen molar-refractivity contribution >= 4 is 16.2 Å². The highest BCUT2D eigenvalue weighted by molar-refractivity contribution is 7.86. The van der Waals surface area contributed by atoms with Gasteiger partial charge in [0.05, 0.1) is 6.42 Å². The minimum absolute atomic E-state index is 0.00407. The molecule has 8 heteroatoms. The van der Waals surface area contributed by atoms with Crippen molar-refractivity contribution in [2.75, 3.05) is 39.8 Å². The molecule has 1 aliphatic heterocycles. The summed E-state index contributed by atoms with van der Waals surface area (Å²) < 4.78 is 27.2. The lowest BCUT2D eigenvalue weighted by Gasteiger charge is -2.27. The Bertz CT molecular complexity index is 422. The van der Waals surface area contributed by atoms with E-state index < -0.39 is 16.2 Å². The molecule has 0 aromatic rings. The second kappa shape index (κ2) is 7.35. The smallest absolute Gasteiger partial charge is 0.304 e. The van der Waals surface area contributed by atoms with Crippen molar-refractivity contribution in [3.63, 3.8) is 0 Å². The van der Waals surface area contributed by atoms with Crippen molar-refractivity contribution in [3.8, 4) is 0 Å². The second-order valence-corrected chi connectivity index (χ2v) is 7.03. The fraction of sp³-hybridized carbons (Fsp3) is 0.917. The summed E-state index contributed by atoms with van der Waals surface area (Å²) in [5.41, 5.74) is 0. The molecule has 0 saturated carbocycles. The lowest BCUT2D eigenvalue weighted by Crippen LogP contribution is -2.44. The van der Waals surface area contributed by atoms with Crippen LogP contribution in [0.15, 0.2) is 0 Å². The first-order valence-electron chi connectivity index (χ1n) is 7.00. The summed E-state index contributed by atoms with van der Waals surface area (Å²) >= 11 is 0. The molecule has 20 heavy (non-hydrogen) atoms. The molecule has 0 radical (unpaired) electrons. The molecule has 0 bridgehead atoms. The molecule has 0 aromatic carbocycles. The number of carboxylic acid groups (broad SMARTS) is 1. The molecule has 1 atom stereocenters. The number of aliphatic carboxylic acids is 1. The Labute approximate surface area is 121 Å². The van der Waals surface area contributed by atoms with Crippen molar-refractivity contribution in [1.29, 1.82) is 0 Å². The topological polar surface area (TPSA) is 81.2 Å². The lowest BCUT2D eigenvalue weighted by molar-refractivity contribution is -0.137. The van der Waals surface area contributed by atoms with Gasteiger partial charge in [-0.25, -0.2) is 0 Å². The summed E-state index contributed by atoms with van der Waals surface area (Å²) in [5.74, 6) is -0.991. The molecule has 1 fully saturated rings. The Kier molecular flexibility index (Phi) is 6.38. The molecule has 1 unspecified atom stereocenters.